The molecule has 3 aromatic heterocycles. The van der Waals surface area contributed by atoms with Gasteiger partial charge in [0.2, 0.25) is 11.2 Å². The molecule has 0 radical (unpaired) electrons. The molecule has 13 heteroatoms. The minimum Gasteiger partial charge on any atom is -0.469 e. The van der Waals surface area contributed by atoms with Gasteiger partial charge in [-0.3, -0.25) is 4.79 Å². The summed E-state index contributed by atoms with van der Waals surface area (Å²) in [6.45, 7) is 1.85. The monoisotopic (exact) mass is 584 g/mol. The molecule has 2 atom stereocenters. The fraction of sp³-hybridized carbons (Fsp3) is 0.370. The highest BCUT2D eigenvalue weighted by atomic mass is 35.5. The zero-order valence-electron chi connectivity index (χ0n) is 21.7. The minimum absolute atomic E-state index is 0.0124. The SMILES string of the molecule is COC(=O)[C@H]1C2CCC(CC2)[C@@H]1Nc1nc(Cl)nc(-c2cn(S(=O)(=O)c3ccc(C)cc3)c3ncc(F)cc23)n1. The number of hydrogen-bond acceptors (Lipinski definition) is 9. The number of hydrogen-bond donors (Lipinski definition) is 1. The number of ether oxygens (including phenoxy) is 1. The lowest BCUT2D eigenvalue weighted by Crippen LogP contribution is -2.52. The first kappa shape index (κ1) is 26.6. The largest absolute Gasteiger partial charge is 0.469 e. The van der Waals surface area contributed by atoms with Crippen molar-refractivity contribution in [2.24, 2.45) is 17.8 Å². The third-order valence-electron chi connectivity index (χ3n) is 7.99. The van der Waals surface area contributed by atoms with Crippen LogP contribution >= 0.6 is 11.6 Å². The molecule has 10 nitrogen and oxygen atoms in total. The Morgan fingerprint density at radius 2 is 1.80 bits per heavy atom. The number of fused-ring (bicyclic) bond motifs is 4. The molecule has 3 aliphatic carbocycles. The Morgan fingerprint density at radius 3 is 2.50 bits per heavy atom. The van der Waals surface area contributed by atoms with Crippen LogP contribution in [-0.2, 0) is 19.6 Å². The summed E-state index contributed by atoms with van der Waals surface area (Å²) in [7, 11) is -2.71. The molecule has 0 unspecified atom stereocenters. The molecule has 0 spiro atoms. The van der Waals surface area contributed by atoms with Crippen LogP contribution in [0.25, 0.3) is 22.4 Å². The lowest BCUT2D eigenvalue weighted by atomic mass is 9.61. The second-order valence-electron chi connectivity index (χ2n) is 10.3. The van der Waals surface area contributed by atoms with Gasteiger partial charge in [0, 0.05) is 23.2 Å². The maximum Gasteiger partial charge on any atom is 0.311 e. The normalized spacial score (nSPS) is 22.4. The van der Waals surface area contributed by atoms with E-state index in [1.807, 2.05) is 6.92 Å². The summed E-state index contributed by atoms with van der Waals surface area (Å²) in [6.07, 6.45) is 6.11. The Kier molecular flexibility index (Phi) is 6.70. The number of rotatable bonds is 6. The van der Waals surface area contributed by atoms with Crippen molar-refractivity contribution in [3.05, 3.63) is 59.4 Å². The molecule has 0 aliphatic heterocycles. The summed E-state index contributed by atoms with van der Waals surface area (Å²) >= 11 is 6.30. The van der Waals surface area contributed by atoms with E-state index in [0.29, 0.717) is 0 Å². The van der Waals surface area contributed by atoms with E-state index in [4.69, 9.17) is 16.3 Å². The van der Waals surface area contributed by atoms with E-state index in [-0.39, 0.29) is 68.3 Å². The van der Waals surface area contributed by atoms with Crippen molar-refractivity contribution in [3.8, 4) is 11.4 Å². The number of aryl methyl sites for hydroxylation is 1. The fourth-order valence-electron chi connectivity index (χ4n) is 6.06. The molecule has 40 heavy (non-hydrogen) atoms. The third kappa shape index (κ3) is 4.58. The van der Waals surface area contributed by atoms with Crippen LogP contribution in [0, 0.1) is 30.5 Å². The number of esters is 1. The van der Waals surface area contributed by atoms with Gasteiger partial charge in [0.1, 0.15) is 5.82 Å². The van der Waals surface area contributed by atoms with Crippen molar-refractivity contribution in [3.63, 3.8) is 0 Å². The number of methoxy groups -OCH3 is 1. The van der Waals surface area contributed by atoms with Crippen LogP contribution < -0.4 is 5.32 Å². The maximum absolute atomic E-state index is 14.4. The van der Waals surface area contributed by atoms with Crippen molar-refractivity contribution >= 4 is 44.6 Å². The molecule has 4 aromatic rings. The van der Waals surface area contributed by atoms with Gasteiger partial charge in [-0.2, -0.15) is 15.0 Å². The van der Waals surface area contributed by atoms with Crippen LogP contribution in [0.5, 0.6) is 0 Å². The molecule has 3 saturated carbocycles. The molecule has 7 rings (SSSR count). The molecule has 3 fully saturated rings. The smallest absolute Gasteiger partial charge is 0.311 e. The highest BCUT2D eigenvalue weighted by molar-refractivity contribution is 7.90. The van der Waals surface area contributed by atoms with Crippen LogP contribution in [0.4, 0.5) is 10.3 Å². The van der Waals surface area contributed by atoms with E-state index in [9.17, 15) is 17.6 Å². The molecule has 3 aliphatic rings. The lowest BCUT2D eigenvalue weighted by molar-refractivity contribution is -0.152. The topological polar surface area (TPSA) is 129 Å². The summed E-state index contributed by atoms with van der Waals surface area (Å²) in [4.78, 5) is 29.8. The van der Waals surface area contributed by atoms with Crippen LogP contribution in [0.2, 0.25) is 5.28 Å². The Labute approximate surface area is 235 Å². The summed E-state index contributed by atoms with van der Waals surface area (Å²) in [5.41, 5.74) is 1.12. The van der Waals surface area contributed by atoms with E-state index in [2.05, 4.69) is 25.3 Å². The summed E-state index contributed by atoms with van der Waals surface area (Å²) in [6, 6.07) is 7.30. The van der Waals surface area contributed by atoms with E-state index in [0.717, 1.165) is 41.4 Å². The van der Waals surface area contributed by atoms with Gasteiger partial charge in [-0.05, 0) is 74.2 Å². The summed E-state index contributed by atoms with van der Waals surface area (Å²) < 4.78 is 47.6. The molecule has 0 amide bonds. The Hall–Kier alpha value is -3.64. The van der Waals surface area contributed by atoms with Crippen molar-refractivity contribution in [1.82, 2.24) is 23.9 Å². The number of carbonyl (C=O) groups is 1. The van der Waals surface area contributed by atoms with Crippen molar-refractivity contribution in [2.45, 2.75) is 43.5 Å². The number of halogens is 2. The summed E-state index contributed by atoms with van der Waals surface area (Å²) in [5.74, 6) is -0.688. The van der Waals surface area contributed by atoms with Gasteiger partial charge in [-0.15, -0.1) is 0 Å². The maximum atomic E-state index is 14.4. The van der Waals surface area contributed by atoms with Gasteiger partial charge in [0.05, 0.1) is 24.1 Å². The van der Waals surface area contributed by atoms with Crippen LogP contribution in [-0.4, -0.2) is 51.4 Å². The fourth-order valence-corrected chi connectivity index (χ4v) is 7.54. The summed E-state index contributed by atoms with van der Waals surface area (Å²) in [5, 5.41) is 3.34. The van der Waals surface area contributed by atoms with Crippen molar-refractivity contribution in [1.29, 1.82) is 0 Å². The molecule has 2 bridgehead atoms. The molecule has 3 heterocycles. The average molecular weight is 585 g/mol. The Bertz CT molecular complexity index is 1720. The molecule has 1 aromatic carbocycles. The van der Waals surface area contributed by atoms with Gasteiger partial charge in [-0.1, -0.05) is 17.7 Å². The first-order chi connectivity index (χ1) is 19.2. The van der Waals surface area contributed by atoms with Gasteiger partial charge in [0.25, 0.3) is 10.0 Å². The van der Waals surface area contributed by atoms with Gasteiger partial charge >= 0.3 is 5.97 Å². The van der Waals surface area contributed by atoms with E-state index in [1.54, 1.807) is 12.1 Å². The van der Waals surface area contributed by atoms with Gasteiger partial charge in [-0.25, -0.2) is 21.8 Å². The standard InChI is InChI=1S/C27H26ClFN6O4S/c1-14-3-9-18(10-4-14)40(37,38)35-13-20(19-11-17(29)12-30-24(19)35)23-32-26(28)34-27(33-23)31-22-16-7-5-15(6-8-16)21(22)25(36)39-2/h3-4,9-13,15-16,21-22H,5-8H2,1-2H3,(H,31,32,33,34)/t15?,16?,21-,22-/m0/s1. The second kappa shape index (κ2) is 10.1. The van der Waals surface area contributed by atoms with E-state index < -0.39 is 15.8 Å². The lowest BCUT2D eigenvalue weighted by Gasteiger charge is -2.47. The quantitative estimate of drug-likeness (QED) is 0.323. The highest BCUT2D eigenvalue weighted by Crippen LogP contribution is 2.46. The van der Waals surface area contributed by atoms with Gasteiger partial charge < -0.3 is 10.1 Å². The molecule has 1 N–H and O–H groups in total. The Balaban J connectivity index is 1.44. The molecule has 0 saturated heterocycles. The zero-order chi connectivity index (χ0) is 28.2. The number of nitrogens with zero attached hydrogens (tertiary/aromatic N) is 5. The van der Waals surface area contributed by atoms with Crippen molar-refractivity contribution < 1.29 is 22.3 Å². The van der Waals surface area contributed by atoms with Crippen LogP contribution in [0.3, 0.4) is 0 Å². The van der Waals surface area contributed by atoms with E-state index in [1.165, 1.54) is 31.5 Å². The molecular weight excluding hydrogens is 559 g/mol. The number of pyridine rings is 1. The number of anilines is 1. The predicted octanol–water partition coefficient (Wildman–Crippen LogP) is 4.62. The first-order valence-corrected chi connectivity index (χ1v) is 14.7. The molecular formula is C27H26ClFN6O4S. The minimum atomic E-state index is -4.09. The van der Waals surface area contributed by atoms with Gasteiger partial charge in [0.15, 0.2) is 11.5 Å². The van der Waals surface area contributed by atoms with Crippen LogP contribution in [0.15, 0.2) is 47.6 Å². The molecule has 208 valence electrons. The first-order valence-electron chi connectivity index (χ1n) is 12.9. The predicted molar refractivity (Wildman–Crippen MR) is 146 cm³/mol. The zero-order valence-corrected chi connectivity index (χ0v) is 23.3. The number of aromatic nitrogens is 5. The average Bonchev–Trinajstić information content (AvgIpc) is 3.33. The second-order valence-corrected chi connectivity index (χ2v) is 12.5. The highest BCUT2D eigenvalue weighted by Gasteiger charge is 2.48. The Morgan fingerprint density at radius 1 is 1.10 bits per heavy atom. The van der Waals surface area contributed by atoms with E-state index >= 15 is 0 Å². The number of carbonyl (C=O) groups excluding carboxylic acids is 1. The van der Waals surface area contributed by atoms with Crippen LogP contribution in [0.1, 0.15) is 31.2 Å². The third-order valence-corrected chi connectivity index (χ3v) is 9.83. The number of benzene rings is 1. The van der Waals surface area contributed by atoms with Crippen molar-refractivity contribution in [2.75, 3.05) is 12.4 Å². The number of nitrogens with one attached hydrogen (secondary N) is 1.